The highest BCUT2D eigenvalue weighted by molar-refractivity contribution is 7.13. The fourth-order valence-corrected chi connectivity index (χ4v) is 6.06. The molecule has 49 heavy (non-hydrogen) atoms. The van der Waals surface area contributed by atoms with Gasteiger partial charge in [-0.15, -0.1) is 11.3 Å². The molecule has 0 aliphatic carbocycles. The highest BCUT2D eigenvalue weighted by atomic mass is 32.1. The first kappa shape index (κ1) is 40.3. The van der Waals surface area contributed by atoms with Crippen LogP contribution in [-0.4, -0.2) is 116 Å². The van der Waals surface area contributed by atoms with Crippen molar-refractivity contribution in [3.05, 3.63) is 41.0 Å². The molecule has 1 saturated heterocycles. The molecule has 1 aromatic carbocycles. The molecule has 13 nitrogen and oxygen atoms in total. The van der Waals surface area contributed by atoms with Gasteiger partial charge in [-0.2, -0.15) is 0 Å². The van der Waals surface area contributed by atoms with Gasteiger partial charge >= 0.3 is 6.09 Å². The third-order valence-electron chi connectivity index (χ3n) is 7.66. The largest absolute Gasteiger partial charge is 0.444 e. The van der Waals surface area contributed by atoms with Gasteiger partial charge in [0.15, 0.2) is 0 Å². The molecule has 3 amide bonds. The molecule has 0 unspecified atom stereocenters. The molecular formula is C35H55N5O8S. The molecule has 14 heteroatoms. The maximum absolute atomic E-state index is 13.8. The van der Waals surface area contributed by atoms with Crippen molar-refractivity contribution in [3.8, 4) is 10.4 Å². The van der Waals surface area contributed by atoms with Crippen LogP contribution in [0.4, 0.5) is 4.79 Å². The Labute approximate surface area is 294 Å². The van der Waals surface area contributed by atoms with E-state index in [1.54, 1.807) is 32.1 Å². The van der Waals surface area contributed by atoms with Crippen LogP contribution in [0.3, 0.4) is 0 Å². The third kappa shape index (κ3) is 13.9. The van der Waals surface area contributed by atoms with Crippen LogP contribution in [0, 0.1) is 12.3 Å². The van der Waals surface area contributed by atoms with Crippen LogP contribution >= 0.6 is 11.3 Å². The molecule has 0 spiro atoms. The fraction of sp³-hybridized carbons (Fsp3) is 0.657. The number of nitrogens with zero attached hydrogens (tertiary/aromatic N) is 2. The van der Waals surface area contributed by atoms with E-state index in [4.69, 9.17) is 18.9 Å². The zero-order valence-corrected chi connectivity index (χ0v) is 30.8. The number of benzene rings is 1. The number of aliphatic hydroxyl groups is 1. The Bertz CT molecular complexity index is 1320. The number of likely N-dealkylation sites (tertiary alicyclic amines) is 1. The summed E-state index contributed by atoms with van der Waals surface area (Å²) in [5, 5.41) is 19.4. The lowest BCUT2D eigenvalue weighted by atomic mass is 9.85. The first-order valence-electron chi connectivity index (χ1n) is 16.8. The number of β-amino-alcohol motifs (C(OH)–C–C–N with tert-alkyl or cyclic N) is 1. The van der Waals surface area contributed by atoms with Gasteiger partial charge in [-0.05, 0) is 44.2 Å². The summed E-state index contributed by atoms with van der Waals surface area (Å²) in [5.41, 5.74) is 3.84. The molecule has 1 aliphatic heterocycles. The predicted octanol–water partition coefficient (Wildman–Crippen LogP) is 3.28. The number of aromatic nitrogens is 1. The summed E-state index contributed by atoms with van der Waals surface area (Å²) in [6, 6.07) is 6.63. The number of alkyl carbamates (subject to hydrolysis) is 1. The van der Waals surface area contributed by atoms with E-state index < -0.39 is 35.3 Å². The van der Waals surface area contributed by atoms with E-state index in [0.29, 0.717) is 59.3 Å². The Morgan fingerprint density at radius 2 is 1.55 bits per heavy atom. The molecule has 3 rings (SSSR count). The van der Waals surface area contributed by atoms with Crippen LogP contribution < -0.4 is 16.0 Å². The smallest absolute Gasteiger partial charge is 0.407 e. The topological polar surface area (TPSA) is 161 Å². The predicted molar refractivity (Wildman–Crippen MR) is 188 cm³/mol. The first-order valence-corrected chi connectivity index (χ1v) is 17.7. The molecule has 1 aromatic heterocycles. The van der Waals surface area contributed by atoms with Crippen LogP contribution in [0.1, 0.15) is 59.2 Å². The van der Waals surface area contributed by atoms with E-state index in [1.165, 1.54) is 4.90 Å². The summed E-state index contributed by atoms with van der Waals surface area (Å²) in [4.78, 5) is 45.6. The number of carbonyl (C=O) groups is 3. The number of hydrogen-bond acceptors (Lipinski definition) is 11. The minimum atomic E-state index is -0.773. The lowest BCUT2D eigenvalue weighted by Crippen LogP contribution is -2.57. The number of ether oxygens (including phenoxy) is 4. The number of thiazole rings is 1. The highest BCUT2D eigenvalue weighted by Crippen LogP contribution is 2.28. The Morgan fingerprint density at radius 1 is 0.939 bits per heavy atom. The normalized spacial score (nSPS) is 17.2. The van der Waals surface area contributed by atoms with Gasteiger partial charge in [-0.25, -0.2) is 9.78 Å². The van der Waals surface area contributed by atoms with Gasteiger partial charge in [0.25, 0.3) is 0 Å². The van der Waals surface area contributed by atoms with Crippen LogP contribution in [0.2, 0.25) is 0 Å². The fourth-order valence-electron chi connectivity index (χ4n) is 5.25. The molecular weight excluding hydrogens is 650 g/mol. The van der Waals surface area contributed by atoms with Gasteiger partial charge in [0, 0.05) is 32.6 Å². The van der Waals surface area contributed by atoms with Gasteiger partial charge in [-0.1, -0.05) is 45.0 Å². The van der Waals surface area contributed by atoms with E-state index in [-0.39, 0.29) is 24.8 Å². The molecule has 1 aliphatic rings. The molecule has 0 bridgehead atoms. The SMILES string of the molecule is Cc1ncsc1-c1ccc(CNC(=O)[C@@H]2C[C@@H](O)CN2C(=O)[C@@H](NCCOCCOCCOCCNC(=O)OC(C)(C)C)C(C)(C)C)cc1. The Balaban J connectivity index is 1.35. The van der Waals surface area contributed by atoms with Crippen molar-refractivity contribution in [1.82, 2.24) is 25.8 Å². The minimum absolute atomic E-state index is 0.103. The van der Waals surface area contributed by atoms with Crippen molar-refractivity contribution in [2.24, 2.45) is 5.41 Å². The van der Waals surface area contributed by atoms with Crippen LogP contribution in [-0.2, 0) is 35.1 Å². The zero-order chi connectivity index (χ0) is 36.0. The molecule has 4 N–H and O–H groups in total. The van der Waals surface area contributed by atoms with Gasteiger partial charge in [0.2, 0.25) is 11.8 Å². The second kappa shape index (κ2) is 19.3. The second-order valence-corrected chi connectivity index (χ2v) is 15.0. The van der Waals surface area contributed by atoms with Crippen molar-refractivity contribution in [2.45, 2.75) is 85.2 Å². The summed E-state index contributed by atoms with van der Waals surface area (Å²) in [5.74, 6) is -0.510. The van der Waals surface area contributed by atoms with E-state index >= 15 is 0 Å². The number of aliphatic hydroxyl groups excluding tert-OH is 1. The average Bonchev–Trinajstić information content (AvgIpc) is 3.63. The molecule has 0 radical (unpaired) electrons. The van der Waals surface area contributed by atoms with E-state index in [9.17, 15) is 19.5 Å². The minimum Gasteiger partial charge on any atom is -0.444 e. The van der Waals surface area contributed by atoms with Gasteiger partial charge < -0.3 is 44.9 Å². The summed E-state index contributed by atoms with van der Waals surface area (Å²) in [7, 11) is 0. The number of rotatable bonds is 18. The summed E-state index contributed by atoms with van der Waals surface area (Å²) in [6.07, 6.45) is -1.06. The Hall–Kier alpha value is -3.14. The molecule has 3 atom stereocenters. The maximum Gasteiger partial charge on any atom is 0.407 e. The van der Waals surface area contributed by atoms with Crippen LogP contribution in [0.25, 0.3) is 10.4 Å². The van der Waals surface area contributed by atoms with Gasteiger partial charge in [0.1, 0.15) is 11.6 Å². The Kier molecular flexibility index (Phi) is 15.9. The van der Waals surface area contributed by atoms with Crippen molar-refractivity contribution in [3.63, 3.8) is 0 Å². The molecule has 2 heterocycles. The van der Waals surface area contributed by atoms with E-state index in [0.717, 1.165) is 21.7 Å². The first-order chi connectivity index (χ1) is 23.2. The van der Waals surface area contributed by atoms with Crippen molar-refractivity contribution in [1.29, 1.82) is 0 Å². The Morgan fingerprint density at radius 3 is 2.12 bits per heavy atom. The third-order valence-corrected chi connectivity index (χ3v) is 8.64. The molecule has 0 saturated carbocycles. The lowest BCUT2D eigenvalue weighted by Gasteiger charge is -2.35. The second-order valence-electron chi connectivity index (χ2n) is 14.1. The molecule has 274 valence electrons. The summed E-state index contributed by atoms with van der Waals surface area (Å²) in [6.45, 7) is 16.7. The van der Waals surface area contributed by atoms with Crippen LogP contribution in [0.5, 0.6) is 0 Å². The average molecular weight is 706 g/mol. The van der Waals surface area contributed by atoms with E-state index in [1.807, 2.05) is 57.5 Å². The van der Waals surface area contributed by atoms with Gasteiger partial charge in [-0.3, -0.25) is 9.59 Å². The number of hydrogen-bond donors (Lipinski definition) is 4. The summed E-state index contributed by atoms with van der Waals surface area (Å²) < 4.78 is 21.8. The maximum atomic E-state index is 13.8. The highest BCUT2D eigenvalue weighted by Gasteiger charge is 2.43. The number of nitrogens with one attached hydrogen (secondary N) is 3. The van der Waals surface area contributed by atoms with Crippen LogP contribution in [0.15, 0.2) is 29.8 Å². The number of carbonyl (C=O) groups excluding carboxylic acids is 3. The number of amides is 3. The number of aryl methyl sites for hydroxylation is 1. The molecule has 1 fully saturated rings. The standard InChI is InChI=1S/C35H55N5O8S/c1-24-29(49-23-39-24)26-10-8-25(9-11-26)21-38-31(42)28-20-27(41)22-40(28)32(43)30(34(2,3)4)36-12-14-45-16-18-47-19-17-46-15-13-37-33(44)48-35(5,6)7/h8-11,23,27-28,30,36,41H,12-22H2,1-7H3,(H,37,44)(H,38,42)/t27-,28+,30-/m1/s1. The quantitative estimate of drug-likeness (QED) is 0.170. The van der Waals surface area contributed by atoms with Gasteiger partial charge in [0.05, 0.1) is 67.9 Å². The van der Waals surface area contributed by atoms with Crippen molar-refractivity contribution in [2.75, 3.05) is 59.3 Å². The lowest BCUT2D eigenvalue weighted by molar-refractivity contribution is -0.142. The van der Waals surface area contributed by atoms with Crippen molar-refractivity contribution < 1.29 is 38.4 Å². The summed E-state index contributed by atoms with van der Waals surface area (Å²) >= 11 is 1.59. The van der Waals surface area contributed by atoms with E-state index in [2.05, 4.69) is 20.9 Å². The monoisotopic (exact) mass is 705 g/mol. The van der Waals surface area contributed by atoms with Crippen molar-refractivity contribution >= 4 is 29.2 Å². The molecule has 2 aromatic rings. The zero-order valence-electron chi connectivity index (χ0n) is 30.0.